The molecule has 1 saturated heterocycles. The molecule has 0 bridgehead atoms. The van der Waals surface area contributed by atoms with E-state index in [2.05, 4.69) is 4.90 Å². The van der Waals surface area contributed by atoms with Gasteiger partial charge in [-0.25, -0.2) is 19.7 Å². The number of aliphatic imine (C=N–C) groups is 1. The first-order valence-corrected chi connectivity index (χ1v) is 11.3. The Morgan fingerprint density at radius 1 is 1.24 bits per heavy atom. The van der Waals surface area contributed by atoms with Crippen LogP contribution in [-0.2, 0) is 22.4 Å². The summed E-state index contributed by atoms with van der Waals surface area (Å²) in [6, 6.07) is -0.0767. The van der Waals surface area contributed by atoms with E-state index in [1.165, 1.54) is 29.5 Å². The number of nitrogens with one attached hydrogen (secondary N) is 1. The highest BCUT2D eigenvalue weighted by Gasteiger charge is 2.50. The summed E-state index contributed by atoms with van der Waals surface area (Å²) in [4.78, 5) is 26.5. The third-order valence-electron chi connectivity index (χ3n) is 6.35. The van der Waals surface area contributed by atoms with Crippen molar-refractivity contribution >= 4 is 29.3 Å². The Hall–Kier alpha value is -1.19. The van der Waals surface area contributed by atoms with E-state index in [9.17, 15) is 4.79 Å². The molecule has 3 unspecified atom stereocenters. The van der Waals surface area contributed by atoms with Crippen molar-refractivity contribution in [2.75, 3.05) is 44.3 Å². The Morgan fingerprint density at radius 2 is 1.97 bits per heavy atom. The van der Waals surface area contributed by atoms with Crippen LogP contribution in [0.25, 0.3) is 0 Å². The molecule has 4 aliphatic rings. The smallest absolute Gasteiger partial charge is 0.334 e. The molecule has 1 amide bonds. The Balaban J connectivity index is 0.00000205. The Labute approximate surface area is 181 Å². The number of thioether (sulfide) groups is 1. The van der Waals surface area contributed by atoms with E-state index in [0.29, 0.717) is 13.1 Å². The van der Waals surface area contributed by atoms with Crippen molar-refractivity contribution in [1.29, 1.82) is 0 Å². The predicted molar refractivity (Wildman–Crippen MR) is 109 cm³/mol. The zero-order valence-electron chi connectivity index (χ0n) is 16.7. The minimum Gasteiger partial charge on any atom is -1.00 e. The third-order valence-corrected chi connectivity index (χ3v) is 7.61. The lowest BCUT2D eigenvalue weighted by molar-refractivity contribution is -0.722. The number of carbonyl (C=O) groups is 1. The molecule has 1 aromatic rings. The Kier molecular flexibility index (Phi) is 6.18. The molecule has 0 saturated carbocycles. The van der Waals surface area contributed by atoms with E-state index in [1.54, 1.807) is 11.8 Å². The highest BCUT2D eigenvalue weighted by molar-refractivity contribution is 8.00. The van der Waals surface area contributed by atoms with Crippen LogP contribution in [0.2, 0.25) is 0 Å². The normalized spacial score (nSPS) is 28.2. The quantitative estimate of drug-likeness (QED) is 0.528. The highest BCUT2D eigenvalue weighted by Crippen LogP contribution is 2.50. The number of hydrogen-bond donors (Lipinski definition) is 2. The van der Waals surface area contributed by atoms with Crippen LogP contribution in [0.15, 0.2) is 10.0 Å². The van der Waals surface area contributed by atoms with Crippen molar-refractivity contribution in [3.05, 3.63) is 16.7 Å². The van der Waals surface area contributed by atoms with E-state index in [-0.39, 0.29) is 29.6 Å². The largest absolute Gasteiger partial charge is 1.00 e. The number of quaternary nitrogens is 1. The number of nitrogens with zero attached hydrogens (tertiary/aromatic N) is 3. The summed E-state index contributed by atoms with van der Waals surface area (Å²) < 4.78 is 5.55. The van der Waals surface area contributed by atoms with Crippen LogP contribution >= 0.6 is 11.8 Å². The van der Waals surface area contributed by atoms with Gasteiger partial charge in [-0.05, 0) is 36.8 Å². The number of morpholine rings is 1. The van der Waals surface area contributed by atoms with E-state index in [0.717, 1.165) is 60.7 Å². The molecule has 1 aliphatic carbocycles. The molecule has 0 aromatic carbocycles. The monoisotopic (exact) mass is 437 g/mol. The van der Waals surface area contributed by atoms with Crippen LogP contribution in [0.5, 0.6) is 0 Å². The lowest BCUT2D eigenvalue weighted by Gasteiger charge is -2.33. The zero-order valence-corrected chi connectivity index (χ0v) is 18.3. The fourth-order valence-electron chi connectivity index (χ4n) is 4.98. The van der Waals surface area contributed by atoms with Crippen molar-refractivity contribution in [2.24, 2.45) is 10.7 Å². The molecule has 1 aromatic heterocycles. The topological polar surface area (TPSA) is 85.2 Å². The maximum atomic E-state index is 13.2. The second kappa shape index (κ2) is 8.51. The molecule has 3 N–H and O–H groups in total. The van der Waals surface area contributed by atoms with Crippen molar-refractivity contribution in [2.45, 2.75) is 48.9 Å². The van der Waals surface area contributed by atoms with Crippen LogP contribution in [-0.4, -0.2) is 61.4 Å². The fourth-order valence-corrected chi connectivity index (χ4v) is 6.31. The maximum absolute atomic E-state index is 13.2. The number of pyridine rings is 1. The number of aromatic nitrogens is 1. The number of amides is 1. The fraction of sp³-hybridized carbons (Fsp3) is 0.650. The molecule has 5 rings (SSSR count). The maximum Gasteiger partial charge on any atom is 0.334 e. The van der Waals surface area contributed by atoms with Crippen LogP contribution in [0.3, 0.4) is 0 Å². The molecule has 0 radical (unpaired) electrons. The molecule has 29 heavy (non-hydrogen) atoms. The molecule has 7 nitrogen and oxygen atoms in total. The van der Waals surface area contributed by atoms with Crippen LogP contribution in [0.1, 0.15) is 42.5 Å². The van der Waals surface area contributed by atoms with Gasteiger partial charge in [0.2, 0.25) is 5.84 Å². The summed E-state index contributed by atoms with van der Waals surface area (Å²) in [6.07, 6.45) is 4.56. The SMILES string of the molecule is CC1=NC2c3c(nc(N4CCOCC4)c4c3CCCC4)SC2C(=O)[NH+]1CCN.[Cl-]. The van der Waals surface area contributed by atoms with Gasteiger partial charge in [0.15, 0.2) is 5.25 Å². The van der Waals surface area contributed by atoms with Crippen molar-refractivity contribution < 1.29 is 26.8 Å². The van der Waals surface area contributed by atoms with Gasteiger partial charge in [0.25, 0.3) is 0 Å². The van der Waals surface area contributed by atoms with Gasteiger partial charge in [-0.2, -0.15) is 0 Å². The van der Waals surface area contributed by atoms with Gasteiger partial charge < -0.3 is 27.8 Å². The zero-order chi connectivity index (χ0) is 19.3. The first-order chi connectivity index (χ1) is 13.7. The lowest BCUT2D eigenvalue weighted by atomic mass is 9.85. The van der Waals surface area contributed by atoms with Crippen LogP contribution in [0.4, 0.5) is 5.82 Å². The van der Waals surface area contributed by atoms with E-state index in [4.69, 9.17) is 20.4 Å². The number of halogens is 1. The average Bonchev–Trinajstić information content (AvgIpc) is 3.10. The van der Waals surface area contributed by atoms with Crippen LogP contribution < -0.4 is 27.9 Å². The van der Waals surface area contributed by atoms with E-state index in [1.807, 2.05) is 6.92 Å². The number of ether oxygens (including phenoxy) is 1. The Bertz CT molecular complexity index is 843. The third kappa shape index (κ3) is 3.49. The molecule has 3 atom stereocenters. The molecule has 9 heteroatoms. The second-order valence-corrected chi connectivity index (χ2v) is 9.13. The number of hydrogen-bond acceptors (Lipinski definition) is 7. The molecular formula is C20H28ClN5O2S. The van der Waals surface area contributed by atoms with Gasteiger partial charge in [-0.15, -0.1) is 0 Å². The van der Waals surface area contributed by atoms with E-state index >= 15 is 0 Å². The summed E-state index contributed by atoms with van der Waals surface area (Å²) in [6.45, 7) is 6.34. The number of nitrogens with two attached hydrogens (primary N) is 1. The summed E-state index contributed by atoms with van der Waals surface area (Å²) >= 11 is 1.62. The average molecular weight is 438 g/mol. The number of fused-ring (bicyclic) bond motifs is 5. The van der Waals surface area contributed by atoms with Crippen molar-refractivity contribution in [1.82, 2.24) is 4.98 Å². The standard InChI is InChI=1S/C20H27N5O2S.ClH/c1-12-22-16-15-13-4-2-3-5-14(13)18(24-8-10-27-11-9-24)23-19(15)28-17(16)20(26)25(12)7-6-21;/h16-17H,2-11,21H2,1H3;1H. The van der Waals surface area contributed by atoms with Gasteiger partial charge >= 0.3 is 5.91 Å². The number of anilines is 1. The molecule has 1 fully saturated rings. The predicted octanol–water partition coefficient (Wildman–Crippen LogP) is -2.88. The van der Waals surface area contributed by atoms with Gasteiger partial charge in [-0.1, -0.05) is 11.8 Å². The van der Waals surface area contributed by atoms with E-state index < -0.39 is 0 Å². The first kappa shape index (κ1) is 21.1. The van der Waals surface area contributed by atoms with Gasteiger partial charge in [0.05, 0.1) is 13.2 Å². The summed E-state index contributed by atoms with van der Waals surface area (Å²) in [5.41, 5.74) is 9.79. The molecule has 4 heterocycles. The second-order valence-electron chi connectivity index (χ2n) is 8.00. The molecule has 3 aliphatic heterocycles. The minimum atomic E-state index is -0.168. The molecular weight excluding hydrogens is 410 g/mol. The van der Waals surface area contributed by atoms with Crippen LogP contribution in [0, 0.1) is 0 Å². The summed E-state index contributed by atoms with van der Waals surface area (Å²) in [5, 5.41) is 0.856. The minimum absolute atomic E-state index is 0. The van der Waals surface area contributed by atoms with Gasteiger partial charge in [-0.3, -0.25) is 0 Å². The summed E-state index contributed by atoms with van der Waals surface area (Å²) in [7, 11) is 0. The lowest BCUT2D eigenvalue weighted by Crippen LogP contribution is -3.19. The first-order valence-electron chi connectivity index (χ1n) is 10.4. The number of rotatable bonds is 3. The Morgan fingerprint density at radius 3 is 2.69 bits per heavy atom. The molecule has 0 spiro atoms. The molecule has 158 valence electrons. The van der Waals surface area contributed by atoms with Crippen molar-refractivity contribution in [3.63, 3.8) is 0 Å². The summed E-state index contributed by atoms with van der Waals surface area (Å²) in [5.74, 6) is 2.21. The van der Waals surface area contributed by atoms with Crippen molar-refractivity contribution in [3.8, 4) is 0 Å². The number of carbonyl (C=O) groups excluding carboxylic acids is 1. The van der Waals surface area contributed by atoms with Gasteiger partial charge in [0, 0.05) is 32.1 Å². The highest BCUT2D eigenvalue weighted by atomic mass is 35.5. The van der Waals surface area contributed by atoms with Gasteiger partial charge in [0.1, 0.15) is 23.4 Å². The number of amidine groups is 1.